The number of halogens is 1. The molecule has 3 aromatic heterocycles. The Bertz CT molecular complexity index is 2380. The number of aliphatic hydroxyl groups is 1. The predicted octanol–water partition coefficient (Wildman–Crippen LogP) is 5.11. The molecule has 6 rings (SSSR count). The van der Waals surface area contributed by atoms with Gasteiger partial charge >= 0.3 is 11.7 Å². The van der Waals surface area contributed by atoms with Gasteiger partial charge in [0.05, 0.1) is 24.4 Å². The number of rotatable bonds is 13. The minimum atomic E-state index is -0.485. The lowest BCUT2D eigenvalue weighted by atomic mass is 9.96. The minimum absolute atomic E-state index is 0.0704. The second-order valence-corrected chi connectivity index (χ2v) is 14.3. The number of ether oxygens (including phenoxy) is 1. The van der Waals surface area contributed by atoms with E-state index in [1.54, 1.807) is 33.0 Å². The number of carbonyl (C=O) groups is 1. The normalized spacial score (nSPS) is 13.7. The van der Waals surface area contributed by atoms with Gasteiger partial charge in [0.1, 0.15) is 17.0 Å². The third-order valence-electron chi connectivity index (χ3n) is 10.5. The van der Waals surface area contributed by atoms with Crippen LogP contribution in [0, 0.1) is 13.8 Å². The van der Waals surface area contributed by atoms with Gasteiger partial charge < -0.3 is 25.4 Å². The molecule has 3 N–H and O–H groups in total. The zero-order valence-electron chi connectivity index (χ0n) is 32.4. The molecule has 0 spiro atoms. The molecule has 2 aromatic carbocycles. The first kappa shape index (κ1) is 39.4. The van der Waals surface area contributed by atoms with Crippen LogP contribution >= 0.6 is 11.6 Å². The molecule has 290 valence electrons. The van der Waals surface area contributed by atoms with Crippen molar-refractivity contribution in [1.82, 2.24) is 39.2 Å². The molecule has 2 amide bonds. The lowest BCUT2D eigenvalue weighted by Gasteiger charge is -2.27. The van der Waals surface area contributed by atoms with Gasteiger partial charge in [-0.1, -0.05) is 41.9 Å². The van der Waals surface area contributed by atoms with E-state index in [1.165, 1.54) is 17.2 Å². The number of nitrogens with zero attached hydrogens (tertiary/aromatic N) is 7. The first-order chi connectivity index (χ1) is 26.4. The number of anilines is 2. The summed E-state index contributed by atoms with van der Waals surface area (Å²) in [5, 5.41) is 16.1. The van der Waals surface area contributed by atoms with E-state index in [9.17, 15) is 19.5 Å². The molecule has 0 radical (unpaired) electrons. The number of hydrogen-bond donors (Lipinski definition) is 3. The zero-order valence-corrected chi connectivity index (χ0v) is 33.1. The van der Waals surface area contributed by atoms with Crippen molar-refractivity contribution in [3.05, 3.63) is 90.8 Å². The molecular weight excluding hydrogens is 722 g/mol. The Labute approximate surface area is 324 Å². The second kappa shape index (κ2) is 16.6. The van der Waals surface area contributed by atoms with E-state index in [1.807, 2.05) is 43.3 Å². The van der Waals surface area contributed by atoms with Gasteiger partial charge in [0, 0.05) is 62.7 Å². The molecule has 55 heavy (non-hydrogen) atoms. The van der Waals surface area contributed by atoms with Crippen LogP contribution in [0.3, 0.4) is 0 Å². The smallest absolute Gasteiger partial charge is 0.332 e. The molecule has 15 heteroatoms. The number of methoxy groups -OCH3 is 1. The Morgan fingerprint density at radius 3 is 2.44 bits per heavy atom. The highest BCUT2D eigenvalue weighted by Crippen LogP contribution is 2.44. The maximum Gasteiger partial charge on any atom is 0.332 e. The van der Waals surface area contributed by atoms with E-state index in [-0.39, 0.29) is 29.7 Å². The number of fused-ring (bicyclic) bond motifs is 2. The number of hydrogen-bond acceptors (Lipinski definition) is 10. The number of amides is 2. The summed E-state index contributed by atoms with van der Waals surface area (Å²) in [6.07, 6.45) is 3.51. The van der Waals surface area contributed by atoms with Crippen LogP contribution in [0.2, 0.25) is 5.02 Å². The van der Waals surface area contributed by atoms with Crippen LogP contribution in [-0.4, -0.2) is 92.5 Å². The van der Waals surface area contributed by atoms with E-state index in [4.69, 9.17) is 21.3 Å². The zero-order chi connectivity index (χ0) is 39.6. The molecule has 0 bridgehead atoms. The van der Waals surface area contributed by atoms with Gasteiger partial charge in [-0.25, -0.2) is 24.5 Å². The largest absolute Gasteiger partial charge is 0.481 e. The third-order valence-corrected chi connectivity index (χ3v) is 10.9. The fourth-order valence-electron chi connectivity index (χ4n) is 7.52. The summed E-state index contributed by atoms with van der Waals surface area (Å²) in [7, 11) is 8.37. The number of pyridine rings is 1. The molecule has 3 heterocycles. The molecular formula is C40H48ClN9O5. The highest BCUT2D eigenvalue weighted by molar-refractivity contribution is 6.36. The number of urea groups is 1. The fourth-order valence-corrected chi connectivity index (χ4v) is 7.84. The summed E-state index contributed by atoms with van der Waals surface area (Å²) < 4.78 is 8.32. The molecule has 1 unspecified atom stereocenters. The molecule has 0 fully saturated rings. The molecule has 1 atom stereocenters. The van der Waals surface area contributed by atoms with Gasteiger partial charge in [-0.05, 0) is 81.9 Å². The van der Waals surface area contributed by atoms with Crippen molar-refractivity contribution >= 4 is 40.2 Å². The summed E-state index contributed by atoms with van der Waals surface area (Å²) in [5.74, 6) is 1.30. The van der Waals surface area contributed by atoms with Gasteiger partial charge in [-0.2, -0.15) is 0 Å². The van der Waals surface area contributed by atoms with Crippen LogP contribution in [0.4, 0.5) is 16.3 Å². The van der Waals surface area contributed by atoms with Crippen molar-refractivity contribution < 1.29 is 14.6 Å². The number of nitrogens with one attached hydrogen (secondary N) is 2. The summed E-state index contributed by atoms with van der Waals surface area (Å²) in [5.41, 5.74) is 6.37. The van der Waals surface area contributed by atoms with Crippen LogP contribution in [0.15, 0.2) is 52.1 Å². The fraction of sp³-hybridized carbons (Fsp3) is 0.400. The Kier molecular flexibility index (Phi) is 11.9. The molecule has 0 saturated carbocycles. The van der Waals surface area contributed by atoms with Crippen molar-refractivity contribution in [2.24, 2.45) is 14.1 Å². The number of aliphatic hydroxyl groups excluding tert-OH is 1. The molecule has 14 nitrogen and oxygen atoms in total. The Balaban J connectivity index is 1.27. The minimum Gasteiger partial charge on any atom is -0.481 e. The number of aryl methyl sites for hydroxylation is 3. The highest BCUT2D eigenvalue weighted by Gasteiger charge is 2.31. The summed E-state index contributed by atoms with van der Waals surface area (Å²) >= 11 is 7.25. The van der Waals surface area contributed by atoms with Crippen LogP contribution in [0.5, 0.6) is 5.88 Å². The maximum atomic E-state index is 13.3. The first-order valence-corrected chi connectivity index (χ1v) is 18.7. The van der Waals surface area contributed by atoms with Gasteiger partial charge in [0.15, 0.2) is 5.65 Å². The van der Waals surface area contributed by atoms with Crippen molar-refractivity contribution in [3.8, 4) is 28.3 Å². The molecule has 1 aliphatic rings. The molecule has 0 aliphatic heterocycles. The van der Waals surface area contributed by atoms with Gasteiger partial charge in [0.25, 0.3) is 5.56 Å². The van der Waals surface area contributed by atoms with Crippen LogP contribution in [0.25, 0.3) is 33.4 Å². The standard InChI is InChI=1S/C40H48ClN9O5/c1-23-26(12-11-15-29(23)45-35-33-36(44-24(2)43-35)48(5)40(54)49(6)38(33)52)27-13-10-14-28(34(27)41)30-22-25-16-17-31(32(25)37(46-30)55-7)47(4)18-8-9-19-50(20-21-51)39(53)42-3/h10-15,22,31,51H,8-9,16-21H2,1-7H3,(H,42,53)(H,43,44,45). The average Bonchev–Trinajstić information content (AvgIpc) is 3.62. The lowest BCUT2D eigenvalue weighted by molar-refractivity contribution is 0.175. The molecule has 1 aliphatic carbocycles. The van der Waals surface area contributed by atoms with E-state index in [2.05, 4.69) is 38.6 Å². The van der Waals surface area contributed by atoms with Crippen LogP contribution in [-0.2, 0) is 20.5 Å². The predicted molar refractivity (Wildman–Crippen MR) is 215 cm³/mol. The monoisotopic (exact) mass is 769 g/mol. The highest BCUT2D eigenvalue weighted by atomic mass is 35.5. The van der Waals surface area contributed by atoms with Crippen molar-refractivity contribution in [2.75, 3.05) is 52.8 Å². The number of unbranched alkanes of at least 4 members (excludes halogenated alkanes) is 1. The second-order valence-electron chi connectivity index (χ2n) is 13.9. The van der Waals surface area contributed by atoms with E-state index in [0.717, 1.165) is 76.0 Å². The van der Waals surface area contributed by atoms with E-state index < -0.39 is 11.2 Å². The molecule has 0 saturated heterocycles. The summed E-state index contributed by atoms with van der Waals surface area (Å²) in [4.78, 5) is 55.9. The van der Waals surface area contributed by atoms with Crippen molar-refractivity contribution in [2.45, 2.75) is 45.6 Å². The van der Waals surface area contributed by atoms with E-state index >= 15 is 0 Å². The average molecular weight is 770 g/mol. The Morgan fingerprint density at radius 2 is 1.71 bits per heavy atom. The number of carbonyl (C=O) groups excluding carboxylic acids is 1. The Morgan fingerprint density at radius 1 is 1.00 bits per heavy atom. The number of aromatic nitrogens is 5. The first-order valence-electron chi connectivity index (χ1n) is 18.4. The maximum absolute atomic E-state index is 13.3. The summed E-state index contributed by atoms with van der Waals surface area (Å²) in [6, 6.07) is 13.8. The number of benzene rings is 2. The molecule has 5 aromatic rings. The topological polar surface area (TPSA) is 160 Å². The van der Waals surface area contributed by atoms with Gasteiger partial charge in [-0.15, -0.1) is 0 Å². The van der Waals surface area contributed by atoms with E-state index in [0.29, 0.717) is 35.6 Å². The quantitative estimate of drug-likeness (QED) is 0.137. The lowest BCUT2D eigenvalue weighted by Crippen LogP contribution is -2.40. The van der Waals surface area contributed by atoms with Crippen molar-refractivity contribution in [1.29, 1.82) is 0 Å². The van der Waals surface area contributed by atoms with Crippen molar-refractivity contribution in [3.63, 3.8) is 0 Å². The van der Waals surface area contributed by atoms with Gasteiger partial charge in [-0.3, -0.25) is 18.8 Å². The summed E-state index contributed by atoms with van der Waals surface area (Å²) in [6.45, 7) is 5.34. The SMILES string of the molecule is CNC(=O)N(CCO)CCCCN(C)C1CCc2cc(-c3cccc(-c4cccc(Nc5nc(C)nc6c5c(=O)n(C)c(=O)n6C)c4C)c3Cl)nc(OC)c21. The van der Waals surface area contributed by atoms with Crippen LogP contribution < -0.4 is 26.6 Å². The van der Waals surface area contributed by atoms with Gasteiger partial charge in [0.2, 0.25) is 5.88 Å². The Hall–Kier alpha value is -5.31. The van der Waals surface area contributed by atoms with Crippen LogP contribution in [0.1, 0.15) is 47.8 Å². The third kappa shape index (κ3) is 7.66.